The smallest absolute Gasteiger partial charge is 0.457 e. The molecular weight excluding hydrogens is 321 g/mol. The summed E-state index contributed by atoms with van der Waals surface area (Å²) in [5.41, 5.74) is -5.04. The number of para-hydroxylation sites is 1. The number of halogens is 2. The highest BCUT2D eigenvalue weighted by Gasteiger charge is 2.56. The Morgan fingerprint density at radius 1 is 0.864 bits per heavy atom. The lowest BCUT2D eigenvalue weighted by atomic mass is 10.2. The fraction of sp³-hybridized carbons (Fsp3) is 0.0769. The van der Waals surface area contributed by atoms with E-state index < -0.39 is 18.8 Å². The summed E-state index contributed by atoms with van der Waals surface area (Å²) in [6.07, 6.45) is 0. The first kappa shape index (κ1) is 16.5. The molecule has 0 spiro atoms. The van der Waals surface area contributed by atoms with Crippen LogP contribution in [0.2, 0.25) is 0 Å². The van der Waals surface area contributed by atoms with Gasteiger partial charge in [0, 0.05) is 5.56 Å². The van der Waals surface area contributed by atoms with E-state index in [0.717, 1.165) is 12.1 Å². The van der Waals surface area contributed by atoms with Gasteiger partial charge in [0.05, 0.1) is 0 Å². The fourth-order valence-corrected chi connectivity index (χ4v) is 2.32. The van der Waals surface area contributed by atoms with Crippen LogP contribution in [0.3, 0.4) is 0 Å². The molecule has 0 aliphatic heterocycles. The van der Waals surface area contributed by atoms with E-state index >= 15 is 0 Å². The molecule has 118 valence electrons. The molecule has 0 heterocycles. The highest BCUT2D eigenvalue weighted by Crippen LogP contribution is 2.65. The lowest BCUT2D eigenvalue weighted by Gasteiger charge is -2.21. The van der Waals surface area contributed by atoms with Gasteiger partial charge in [-0.1, -0.05) is 18.2 Å². The van der Waals surface area contributed by atoms with E-state index in [-0.39, 0.29) is 5.75 Å². The first-order valence-corrected chi connectivity index (χ1v) is 7.45. The Labute approximate surface area is 123 Å². The molecule has 2 rings (SSSR count). The van der Waals surface area contributed by atoms with Gasteiger partial charge < -0.3 is 4.74 Å². The minimum Gasteiger partial charge on any atom is -0.457 e. The maximum Gasteiger partial charge on any atom is 0.457 e. The van der Waals surface area contributed by atoms with Crippen molar-refractivity contribution in [1.82, 2.24) is 0 Å². The monoisotopic (exact) mass is 332 g/mol. The molecule has 0 radical (unpaired) electrons. The highest BCUT2D eigenvalue weighted by atomic mass is 31.2. The first-order valence-electron chi connectivity index (χ1n) is 5.90. The summed E-state index contributed by atoms with van der Waals surface area (Å²) >= 11 is 0. The van der Waals surface area contributed by atoms with Crippen molar-refractivity contribution in [3.63, 3.8) is 0 Å². The van der Waals surface area contributed by atoms with Crippen molar-refractivity contribution in [2.75, 3.05) is 0 Å². The average Bonchev–Trinajstić information content (AvgIpc) is 2.55. The Hall–Kier alpha value is -1.83. The average molecular weight is 332 g/mol. The predicted octanol–water partition coefficient (Wildman–Crippen LogP) is 4.70. The topological polar surface area (TPSA) is 85.2 Å². The maximum atomic E-state index is 13.9. The van der Waals surface area contributed by atoms with Crippen LogP contribution in [-0.2, 0) is 19.6 Å². The first-order chi connectivity index (χ1) is 10.4. The van der Waals surface area contributed by atoms with Crippen molar-refractivity contribution >= 4 is 7.60 Å². The zero-order valence-electron chi connectivity index (χ0n) is 10.9. The summed E-state index contributed by atoms with van der Waals surface area (Å²) < 4.78 is 50.9. The minimum absolute atomic E-state index is 0.260. The predicted molar refractivity (Wildman–Crippen MR) is 71.9 cm³/mol. The van der Waals surface area contributed by atoms with E-state index in [1.807, 2.05) is 0 Å². The van der Waals surface area contributed by atoms with Gasteiger partial charge >= 0.3 is 13.3 Å². The van der Waals surface area contributed by atoms with Crippen LogP contribution in [-0.4, -0.2) is 10.5 Å². The molecule has 0 fully saturated rings. The Bertz CT molecular complexity index is 654. The molecule has 2 aromatic carbocycles. The number of ether oxygens (including phenoxy) is 1. The standard InChI is InChI=1S/C13H11F2O6P/c14-13(15,22(18,20-16)21-17)10-6-8-12(9-7-10)19-11-4-2-1-3-5-11/h1-9,16-17H. The van der Waals surface area contributed by atoms with E-state index in [4.69, 9.17) is 15.3 Å². The highest BCUT2D eigenvalue weighted by molar-refractivity contribution is 7.54. The molecule has 0 aliphatic carbocycles. The minimum atomic E-state index is -5.45. The van der Waals surface area contributed by atoms with Gasteiger partial charge in [-0.15, -0.1) is 9.35 Å². The Kier molecular flexibility index (Phi) is 4.90. The van der Waals surface area contributed by atoms with E-state index in [9.17, 15) is 13.3 Å². The van der Waals surface area contributed by atoms with Crippen molar-refractivity contribution in [3.8, 4) is 11.5 Å². The van der Waals surface area contributed by atoms with Gasteiger partial charge in [0.15, 0.2) is 0 Å². The fourth-order valence-electron chi connectivity index (χ4n) is 1.62. The van der Waals surface area contributed by atoms with Gasteiger partial charge in [-0.2, -0.15) is 8.78 Å². The summed E-state index contributed by atoms with van der Waals surface area (Å²) in [7, 11) is -5.45. The van der Waals surface area contributed by atoms with Crippen LogP contribution in [0.25, 0.3) is 0 Å². The van der Waals surface area contributed by atoms with Crippen LogP contribution in [0.1, 0.15) is 5.56 Å². The van der Waals surface area contributed by atoms with Gasteiger partial charge in [0.1, 0.15) is 11.5 Å². The summed E-state index contributed by atoms with van der Waals surface area (Å²) in [6.45, 7) is 0. The SMILES string of the molecule is O=P(OO)(OO)C(F)(F)c1ccc(Oc2ccccc2)cc1. The van der Waals surface area contributed by atoms with E-state index in [2.05, 4.69) is 9.35 Å². The van der Waals surface area contributed by atoms with Crippen molar-refractivity contribution in [3.05, 3.63) is 60.2 Å². The molecule has 0 aliphatic rings. The summed E-state index contributed by atoms with van der Waals surface area (Å²) in [5.74, 6) is 0.764. The van der Waals surface area contributed by atoms with Crippen molar-refractivity contribution in [1.29, 1.82) is 0 Å². The van der Waals surface area contributed by atoms with Crippen molar-refractivity contribution in [2.45, 2.75) is 5.66 Å². The molecule has 2 aromatic rings. The van der Waals surface area contributed by atoms with Crippen LogP contribution in [0, 0.1) is 0 Å². The molecule has 6 nitrogen and oxygen atoms in total. The number of alkyl halides is 2. The van der Waals surface area contributed by atoms with E-state index in [0.29, 0.717) is 5.75 Å². The quantitative estimate of drug-likeness (QED) is 0.453. The molecule has 0 amide bonds. The maximum absolute atomic E-state index is 13.9. The second-order valence-corrected chi connectivity index (χ2v) is 6.02. The third kappa shape index (κ3) is 3.16. The van der Waals surface area contributed by atoms with Crippen LogP contribution >= 0.6 is 7.60 Å². The largest absolute Gasteiger partial charge is 0.457 e. The lowest BCUT2D eigenvalue weighted by molar-refractivity contribution is -0.225. The van der Waals surface area contributed by atoms with Gasteiger partial charge in [-0.05, 0) is 36.4 Å². The lowest BCUT2D eigenvalue weighted by Crippen LogP contribution is -2.16. The molecular formula is C13H11F2O6P. The Morgan fingerprint density at radius 3 is 1.86 bits per heavy atom. The molecule has 0 saturated carbocycles. The number of hydrogen-bond acceptors (Lipinski definition) is 6. The van der Waals surface area contributed by atoms with Gasteiger partial charge in [0.2, 0.25) is 0 Å². The molecule has 0 saturated heterocycles. The van der Waals surface area contributed by atoms with Crippen molar-refractivity contribution in [2.24, 2.45) is 0 Å². The van der Waals surface area contributed by atoms with E-state index in [1.54, 1.807) is 30.3 Å². The number of hydrogen-bond donors (Lipinski definition) is 2. The molecule has 0 aromatic heterocycles. The van der Waals surface area contributed by atoms with Crippen LogP contribution in [0.4, 0.5) is 8.78 Å². The van der Waals surface area contributed by atoms with Crippen LogP contribution in [0.5, 0.6) is 11.5 Å². The summed E-state index contributed by atoms with van der Waals surface area (Å²) in [5, 5.41) is 16.6. The molecule has 0 unspecified atom stereocenters. The van der Waals surface area contributed by atoms with Gasteiger partial charge in [-0.25, -0.2) is 15.1 Å². The molecule has 0 atom stereocenters. The Balaban J connectivity index is 2.23. The third-order valence-corrected chi connectivity index (χ3v) is 4.12. The molecule has 9 heteroatoms. The number of rotatable bonds is 6. The van der Waals surface area contributed by atoms with Gasteiger partial charge in [0.25, 0.3) is 0 Å². The zero-order chi connectivity index (χ0) is 16.2. The third-order valence-electron chi connectivity index (χ3n) is 2.74. The zero-order valence-corrected chi connectivity index (χ0v) is 11.8. The van der Waals surface area contributed by atoms with E-state index in [1.165, 1.54) is 12.1 Å². The summed E-state index contributed by atoms with van der Waals surface area (Å²) in [6, 6.07) is 12.8. The molecule has 0 bridgehead atoms. The Morgan fingerprint density at radius 2 is 1.36 bits per heavy atom. The second kappa shape index (κ2) is 6.51. The second-order valence-electron chi connectivity index (χ2n) is 4.14. The molecule has 2 N–H and O–H groups in total. The normalized spacial score (nSPS) is 12.2. The van der Waals surface area contributed by atoms with Crippen LogP contribution < -0.4 is 4.74 Å². The summed E-state index contributed by atoms with van der Waals surface area (Å²) in [4.78, 5) is 0. The van der Waals surface area contributed by atoms with Crippen LogP contribution in [0.15, 0.2) is 54.6 Å². The van der Waals surface area contributed by atoms with Gasteiger partial charge in [-0.3, -0.25) is 0 Å². The molecule has 22 heavy (non-hydrogen) atoms. The number of benzene rings is 2. The van der Waals surface area contributed by atoms with Crippen molar-refractivity contribution < 1.29 is 37.9 Å².